The zero-order chi connectivity index (χ0) is 10.8. The molecule has 2 heterocycles. The maximum Gasteiger partial charge on any atom is 0.149 e. The van der Waals surface area contributed by atoms with Gasteiger partial charge in [0.1, 0.15) is 17.5 Å². The topological polar surface area (TPSA) is 71.1 Å². The molecule has 0 unspecified atom stereocenters. The van der Waals surface area contributed by atoms with Crippen LogP contribution in [0.25, 0.3) is 0 Å². The van der Waals surface area contributed by atoms with Gasteiger partial charge in [-0.05, 0) is 24.6 Å². The van der Waals surface area contributed by atoms with E-state index >= 15 is 0 Å². The molecule has 0 aliphatic heterocycles. The monoisotopic (exact) mass is 205 g/mol. The summed E-state index contributed by atoms with van der Waals surface area (Å²) in [7, 11) is 0. The SMILES string of the molecule is Cc1cnn(Cc2ccc(C(=O)[O-])o2)c1. The molecule has 0 atom stereocenters. The van der Waals surface area contributed by atoms with Gasteiger partial charge in [0.15, 0.2) is 0 Å². The third kappa shape index (κ3) is 2.07. The largest absolute Gasteiger partial charge is 0.542 e. The van der Waals surface area contributed by atoms with Crippen molar-refractivity contribution < 1.29 is 14.3 Å². The first-order valence-electron chi connectivity index (χ1n) is 4.44. The Labute approximate surface area is 85.9 Å². The molecule has 5 heteroatoms. The molecular weight excluding hydrogens is 196 g/mol. The van der Waals surface area contributed by atoms with E-state index in [1.165, 1.54) is 6.07 Å². The minimum absolute atomic E-state index is 0.158. The number of aryl methyl sites for hydroxylation is 1. The lowest BCUT2D eigenvalue weighted by Crippen LogP contribution is -2.21. The van der Waals surface area contributed by atoms with Crippen LogP contribution in [0.4, 0.5) is 0 Å². The molecule has 0 aliphatic carbocycles. The van der Waals surface area contributed by atoms with Gasteiger partial charge in [-0.3, -0.25) is 4.68 Å². The Morgan fingerprint density at radius 1 is 1.60 bits per heavy atom. The predicted molar refractivity (Wildman–Crippen MR) is 49.1 cm³/mol. The summed E-state index contributed by atoms with van der Waals surface area (Å²) in [6, 6.07) is 2.98. The molecule has 0 radical (unpaired) electrons. The van der Waals surface area contributed by atoms with Gasteiger partial charge in [-0.2, -0.15) is 5.10 Å². The molecule has 0 N–H and O–H groups in total. The Balaban J connectivity index is 2.14. The van der Waals surface area contributed by atoms with Crippen molar-refractivity contribution >= 4 is 5.97 Å². The van der Waals surface area contributed by atoms with Gasteiger partial charge < -0.3 is 14.3 Å². The summed E-state index contributed by atoms with van der Waals surface area (Å²) >= 11 is 0. The highest BCUT2D eigenvalue weighted by Crippen LogP contribution is 2.08. The van der Waals surface area contributed by atoms with Crippen molar-refractivity contribution in [1.82, 2.24) is 9.78 Å². The van der Waals surface area contributed by atoms with E-state index in [-0.39, 0.29) is 5.76 Å². The van der Waals surface area contributed by atoms with Crippen molar-refractivity contribution in [3.8, 4) is 0 Å². The summed E-state index contributed by atoms with van der Waals surface area (Å²) in [5, 5.41) is 14.5. The summed E-state index contributed by atoms with van der Waals surface area (Å²) in [5.41, 5.74) is 1.04. The van der Waals surface area contributed by atoms with E-state index < -0.39 is 5.97 Å². The van der Waals surface area contributed by atoms with Crippen molar-refractivity contribution in [2.24, 2.45) is 0 Å². The molecule has 2 aromatic heterocycles. The first-order valence-corrected chi connectivity index (χ1v) is 4.44. The van der Waals surface area contributed by atoms with Crippen molar-refractivity contribution in [2.45, 2.75) is 13.5 Å². The summed E-state index contributed by atoms with van der Waals surface area (Å²) in [6.45, 7) is 2.35. The van der Waals surface area contributed by atoms with E-state index in [1.54, 1.807) is 16.9 Å². The molecule has 78 valence electrons. The minimum Gasteiger partial charge on any atom is -0.542 e. The lowest BCUT2D eigenvalue weighted by atomic mass is 10.4. The van der Waals surface area contributed by atoms with Crippen LogP contribution in [0.15, 0.2) is 28.9 Å². The Kier molecular flexibility index (Phi) is 2.29. The van der Waals surface area contributed by atoms with Gasteiger partial charge >= 0.3 is 0 Å². The number of carboxylic acids is 1. The minimum atomic E-state index is -1.31. The van der Waals surface area contributed by atoms with Crippen LogP contribution >= 0.6 is 0 Å². The smallest absolute Gasteiger partial charge is 0.149 e. The van der Waals surface area contributed by atoms with E-state index in [0.717, 1.165) is 5.56 Å². The summed E-state index contributed by atoms with van der Waals surface area (Å²) in [4.78, 5) is 10.4. The molecule has 0 saturated carbocycles. The molecule has 15 heavy (non-hydrogen) atoms. The van der Waals surface area contributed by atoms with Crippen LogP contribution in [0, 0.1) is 6.92 Å². The normalized spacial score (nSPS) is 10.5. The number of carbonyl (C=O) groups is 1. The number of carbonyl (C=O) groups excluding carboxylic acids is 1. The average molecular weight is 205 g/mol. The van der Waals surface area contributed by atoms with E-state index in [4.69, 9.17) is 4.42 Å². The molecular formula is C10H9N2O3-. The first-order chi connectivity index (χ1) is 7.15. The van der Waals surface area contributed by atoms with Gasteiger partial charge in [0.25, 0.3) is 0 Å². The highest BCUT2D eigenvalue weighted by atomic mass is 16.4. The molecule has 5 nitrogen and oxygen atoms in total. The van der Waals surface area contributed by atoms with Crippen molar-refractivity contribution in [2.75, 3.05) is 0 Å². The molecule has 0 spiro atoms. The van der Waals surface area contributed by atoms with Crippen LogP contribution in [-0.4, -0.2) is 15.7 Å². The Morgan fingerprint density at radius 3 is 2.93 bits per heavy atom. The second-order valence-corrected chi connectivity index (χ2v) is 3.27. The number of hydrogen-bond acceptors (Lipinski definition) is 4. The van der Waals surface area contributed by atoms with Gasteiger partial charge in [-0.25, -0.2) is 0 Å². The van der Waals surface area contributed by atoms with E-state index in [2.05, 4.69) is 5.10 Å². The molecule has 2 aromatic rings. The standard InChI is InChI=1S/C10H10N2O3/c1-7-4-11-12(5-7)6-8-2-3-9(15-8)10(13)14/h2-5H,6H2,1H3,(H,13,14)/p-1. The Hall–Kier alpha value is -2.04. The number of nitrogens with zero attached hydrogens (tertiary/aromatic N) is 2. The van der Waals surface area contributed by atoms with Crippen LogP contribution in [-0.2, 0) is 6.54 Å². The Morgan fingerprint density at radius 2 is 2.40 bits per heavy atom. The van der Waals surface area contributed by atoms with Gasteiger partial charge in [-0.1, -0.05) is 0 Å². The highest BCUT2D eigenvalue weighted by Gasteiger charge is 2.03. The lowest BCUT2D eigenvalue weighted by molar-refractivity contribution is -0.257. The van der Waals surface area contributed by atoms with Crippen LogP contribution in [0.2, 0.25) is 0 Å². The predicted octanol–water partition coefficient (Wildman–Crippen LogP) is 0.196. The van der Waals surface area contributed by atoms with Crippen LogP contribution in [0.5, 0.6) is 0 Å². The van der Waals surface area contributed by atoms with Crippen LogP contribution in [0.1, 0.15) is 21.9 Å². The summed E-state index contributed by atoms with van der Waals surface area (Å²) in [5.74, 6) is -0.927. The van der Waals surface area contributed by atoms with Gasteiger partial charge in [0.05, 0.1) is 12.7 Å². The van der Waals surface area contributed by atoms with Crippen molar-refractivity contribution in [1.29, 1.82) is 0 Å². The molecule has 2 rings (SSSR count). The quantitative estimate of drug-likeness (QED) is 0.717. The number of furan rings is 1. The highest BCUT2D eigenvalue weighted by molar-refractivity contribution is 5.82. The maximum atomic E-state index is 10.4. The zero-order valence-corrected chi connectivity index (χ0v) is 8.14. The van der Waals surface area contributed by atoms with Crippen LogP contribution < -0.4 is 5.11 Å². The van der Waals surface area contributed by atoms with E-state index in [0.29, 0.717) is 12.3 Å². The second-order valence-electron chi connectivity index (χ2n) is 3.27. The number of rotatable bonds is 3. The second kappa shape index (κ2) is 3.61. The molecule has 0 saturated heterocycles. The third-order valence-corrected chi connectivity index (χ3v) is 1.94. The van der Waals surface area contributed by atoms with Crippen molar-refractivity contribution in [3.63, 3.8) is 0 Å². The third-order valence-electron chi connectivity index (χ3n) is 1.94. The van der Waals surface area contributed by atoms with Crippen molar-refractivity contribution in [3.05, 3.63) is 41.6 Å². The van der Waals surface area contributed by atoms with Crippen LogP contribution in [0.3, 0.4) is 0 Å². The number of aromatic nitrogens is 2. The van der Waals surface area contributed by atoms with Gasteiger partial charge in [-0.15, -0.1) is 0 Å². The average Bonchev–Trinajstić information content (AvgIpc) is 2.76. The maximum absolute atomic E-state index is 10.4. The number of hydrogen-bond donors (Lipinski definition) is 0. The summed E-state index contributed by atoms with van der Waals surface area (Å²) < 4.78 is 6.71. The fourth-order valence-electron chi connectivity index (χ4n) is 1.29. The molecule has 0 fully saturated rings. The molecule has 0 aliphatic rings. The molecule has 0 aromatic carbocycles. The van der Waals surface area contributed by atoms with E-state index in [9.17, 15) is 9.90 Å². The van der Waals surface area contributed by atoms with E-state index in [1.807, 2.05) is 13.1 Å². The fraction of sp³-hybridized carbons (Fsp3) is 0.200. The first kappa shape index (κ1) is 9.51. The van der Waals surface area contributed by atoms with Gasteiger partial charge in [0, 0.05) is 6.20 Å². The number of carboxylic acid groups (broad SMARTS) is 1. The molecule has 0 bridgehead atoms. The Bertz CT molecular complexity index is 484. The molecule has 0 amide bonds. The van der Waals surface area contributed by atoms with Gasteiger partial charge in [0.2, 0.25) is 0 Å². The number of aromatic carboxylic acids is 1. The lowest BCUT2D eigenvalue weighted by Gasteiger charge is -1.98. The summed E-state index contributed by atoms with van der Waals surface area (Å²) in [6.07, 6.45) is 3.57. The fourth-order valence-corrected chi connectivity index (χ4v) is 1.29. The zero-order valence-electron chi connectivity index (χ0n) is 8.14.